The van der Waals surface area contributed by atoms with Gasteiger partial charge in [-0.15, -0.1) is 0 Å². The molecule has 1 aromatic carbocycles. The Bertz CT molecular complexity index is 859. The quantitative estimate of drug-likeness (QED) is 0.807. The number of benzene rings is 1. The van der Waals surface area contributed by atoms with E-state index in [0.717, 1.165) is 66.7 Å². The van der Waals surface area contributed by atoms with Gasteiger partial charge in [0.2, 0.25) is 5.91 Å². The lowest BCUT2D eigenvalue weighted by atomic mass is 10.1. The molecule has 2 aromatic rings. The number of amides is 1. The molecule has 2 aliphatic rings. The van der Waals surface area contributed by atoms with E-state index in [1.165, 1.54) is 6.08 Å². The summed E-state index contributed by atoms with van der Waals surface area (Å²) in [5.41, 5.74) is 1.92. The molecule has 0 bridgehead atoms. The standard InChI is InChI=1S/C19H23ClN6O/c1-2-18(27)25-7-9-26(10-8-25)19-14-11-15(20)17(12-16(14)22-13-23-19)24-5-3-21-4-6-24/h2,11-13,21H,1,3-10H2. The second-order valence-corrected chi connectivity index (χ2v) is 7.18. The number of halogens is 1. The molecule has 8 heteroatoms. The minimum atomic E-state index is -0.0223. The van der Waals surface area contributed by atoms with Crippen LogP contribution in [0.1, 0.15) is 0 Å². The van der Waals surface area contributed by atoms with Crippen molar-refractivity contribution in [3.8, 4) is 0 Å². The predicted octanol–water partition coefficient (Wildman–Crippen LogP) is 1.53. The summed E-state index contributed by atoms with van der Waals surface area (Å²) in [5, 5.41) is 5.03. The molecule has 27 heavy (non-hydrogen) atoms. The van der Waals surface area contributed by atoms with E-state index in [1.54, 1.807) is 6.33 Å². The van der Waals surface area contributed by atoms with Gasteiger partial charge >= 0.3 is 0 Å². The summed E-state index contributed by atoms with van der Waals surface area (Å²) in [7, 11) is 0. The average molecular weight is 387 g/mol. The van der Waals surface area contributed by atoms with Crippen LogP contribution in [0.15, 0.2) is 31.1 Å². The topological polar surface area (TPSA) is 64.6 Å². The molecule has 2 saturated heterocycles. The highest BCUT2D eigenvalue weighted by molar-refractivity contribution is 6.34. The van der Waals surface area contributed by atoms with Gasteiger partial charge in [-0.2, -0.15) is 0 Å². The summed E-state index contributed by atoms with van der Waals surface area (Å²) in [6, 6.07) is 4.04. The first-order chi connectivity index (χ1) is 13.2. The van der Waals surface area contributed by atoms with E-state index in [4.69, 9.17) is 11.6 Å². The number of nitrogens with one attached hydrogen (secondary N) is 1. The van der Waals surface area contributed by atoms with Crippen molar-refractivity contribution < 1.29 is 4.79 Å². The van der Waals surface area contributed by atoms with Crippen LogP contribution in [0.5, 0.6) is 0 Å². The van der Waals surface area contributed by atoms with E-state index in [0.29, 0.717) is 13.1 Å². The van der Waals surface area contributed by atoms with Crippen molar-refractivity contribution in [1.29, 1.82) is 0 Å². The maximum atomic E-state index is 11.8. The maximum Gasteiger partial charge on any atom is 0.246 e. The molecule has 142 valence electrons. The van der Waals surface area contributed by atoms with E-state index in [9.17, 15) is 4.79 Å². The average Bonchev–Trinajstić information content (AvgIpc) is 2.73. The summed E-state index contributed by atoms with van der Waals surface area (Å²) in [6.07, 6.45) is 2.97. The zero-order valence-electron chi connectivity index (χ0n) is 15.2. The van der Waals surface area contributed by atoms with Crippen LogP contribution in [0.4, 0.5) is 11.5 Å². The maximum absolute atomic E-state index is 11.8. The number of anilines is 2. The van der Waals surface area contributed by atoms with Crippen LogP contribution in [-0.2, 0) is 4.79 Å². The second-order valence-electron chi connectivity index (χ2n) is 6.77. The van der Waals surface area contributed by atoms with Crippen molar-refractivity contribution in [2.75, 3.05) is 62.2 Å². The van der Waals surface area contributed by atoms with Crippen LogP contribution in [-0.4, -0.2) is 73.1 Å². The summed E-state index contributed by atoms with van der Waals surface area (Å²) < 4.78 is 0. The minimum Gasteiger partial charge on any atom is -0.368 e. The van der Waals surface area contributed by atoms with Gasteiger partial charge in [0.25, 0.3) is 0 Å². The molecular weight excluding hydrogens is 364 g/mol. The van der Waals surface area contributed by atoms with E-state index >= 15 is 0 Å². The fraction of sp³-hybridized carbons (Fsp3) is 0.421. The first-order valence-corrected chi connectivity index (χ1v) is 9.61. The second kappa shape index (κ2) is 7.70. The van der Waals surface area contributed by atoms with Crippen LogP contribution >= 0.6 is 11.6 Å². The molecule has 0 spiro atoms. The number of hydrogen-bond acceptors (Lipinski definition) is 6. The van der Waals surface area contributed by atoms with Crippen LogP contribution in [0.2, 0.25) is 5.02 Å². The third-order valence-corrected chi connectivity index (χ3v) is 5.51. The van der Waals surface area contributed by atoms with Gasteiger partial charge in [0.05, 0.1) is 16.2 Å². The number of carbonyl (C=O) groups excluding carboxylic acids is 1. The van der Waals surface area contributed by atoms with E-state index in [2.05, 4.69) is 37.7 Å². The number of fused-ring (bicyclic) bond motifs is 1. The Hall–Kier alpha value is -2.38. The Morgan fingerprint density at radius 3 is 2.52 bits per heavy atom. The Morgan fingerprint density at radius 2 is 1.81 bits per heavy atom. The fourth-order valence-electron chi connectivity index (χ4n) is 3.72. The molecule has 2 fully saturated rings. The Balaban J connectivity index is 1.62. The van der Waals surface area contributed by atoms with Crippen molar-refractivity contribution in [2.45, 2.75) is 0 Å². The van der Waals surface area contributed by atoms with Gasteiger partial charge in [-0.3, -0.25) is 4.79 Å². The molecule has 1 amide bonds. The molecule has 1 N–H and O–H groups in total. The van der Waals surface area contributed by atoms with Gasteiger partial charge in [0.15, 0.2) is 0 Å². The lowest BCUT2D eigenvalue weighted by molar-refractivity contribution is -0.126. The van der Waals surface area contributed by atoms with Crippen LogP contribution < -0.4 is 15.1 Å². The molecule has 0 atom stereocenters. The summed E-state index contributed by atoms with van der Waals surface area (Å²) >= 11 is 6.63. The molecule has 2 aliphatic heterocycles. The van der Waals surface area contributed by atoms with Gasteiger partial charge in [0.1, 0.15) is 12.1 Å². The molecule has 7 nitrogen and oxygen atoms in total. The van der Waals surface area contributed by atoms with Crippen molar-refractivity contribution in [1.82, 2.24) is 20.2 Å². The van der Waals surface area contributed by atoms with Crippen molar-refractivity contribution in [3.05, 3.63) is 36.1 Å². The van der Waals surface area contributed by atoms with Gasteiger partial charge in [-0.05, 0) is 18.2 Å². The Morgan fingerprint density at radius 1 is 1.07 bits per heavy atom. The summed E-state index contributed by atoms with van der Waals surface area (Å²) in [4.78, 5) is 27.1. The first-order valence-electron chi connectivity index (χ1n) is 9.23. The molecule has 0 unspecified atom stereocenters. The lowest BCUT2D eigenvalue weighted by Gasteiger charge is -2.35. The molecule has 3 heterocycles. The highest BCUT2D eigenvalue weighted by Gasteiger charge is 2.23. The third-order valence-electron chi connectivity index (χ3n) is 5.21. The zero-order chi connectivity index (χ0) is 18.8. The Labute approximate surface area is 163 Å². The minimum absolute atomic E-state index is 0.0223. The van der Waals surface area contributed by atoms with Crippen LogP contribution in [0, 0.1) is 0 Å². The van der Waals surface area contributed by atoms with Crippen LogP contribution in [0.25, 0.3) is 10.9 Å². The first kappa shape index (κ1) is 18.0. The van der Waals surface area contributed by atoms with Crippen molar-refractivity contribution in [3.63, 3.8) is 0 Å². The van der Waals surface area contributed by atoms with Gasteiger partial charge in [0, 0.05) is 57.7 Å². The van der Waals surface area contributed by atoms with E-state index < -0.39 is 0 Å². The number of rotatable bonds is 3. The highest BCUT2D eigenvalue weighted by Crippen LogP contribution is 2.34. The largest absolute Gasteiger partial charge is 0.368 e. The fourth-order valence-corrected chi connectivity index (χ4v) is 4.00. The van der Waals surface area contributed by atoms with Crippen molar-refractivity contribution in [2.24, 2.45) is 0 Å². The third kappa shape index (κ3) is 3.57. The van der Waals surface area contributed by atoms with Gasteiger partial charge in [-0.1, -0.05) is 18.2 Å². The molecule has 0 saturated carbocycles. The molecule has 0 radical (unpaired) electrons. The Kier molecular flexibility index (Phi) is 5.13. The smallest absolute Gasteiger partial charge is 0.246 e. The van der Waals surface area contributed by atoms with E-state index in [1.807, 2.05) is 11.0 Å². The number of carbonyl (C=O) groups is 1. The zero-order valence-corrected chi connectivity index (χ0v) is 16.0. The number of piperazine rings is 2. The molecule has 0 aliphatic carbocycles. The van der Waals surface area contributed by atoms with Gasteiger partial charge < -0.3 is 20.0 Å². The lowest BCUT2D eigenvalue weighted by Crippen LogP contribution is -2.48. The molecule has 1 aromatic heterocycles. The molecule has 4 rings (SSSR count). The SMILES string of the molecule is C=CC(=O)N1CCN(c2ncnc3cc(N4CCNCC4)c(Cl)cc23)CC1. The highest BCUT2D eigenvalue weighted by atomic mass is 35.5. The summed E-state index contributed by atoms with van der Waals surface area (Å²) in [6.45, 7) is 10.1. The monoisotopic (exact) mass is 386 g/mol. The van der Waals surface area contributed by atoms with Gasteiger partial charge in [-0.25, -0.2) is 9.97 Å². The van der Waals surface area contributed by atoms with Crippen molar-refractivity contribution >= 4 is 39.9 Å². The number of hydrogen-bond donors (Lipinski definition) is 1. The summed E-state index contributed by atoms with van der Waals surface area (Å²) in [5.74, 6) is 0.852. The normalized spacial score (nSPS) is 18.0. The predicted molar refractivity (Wildman–Crippen MR) is 109 cm³/mol. The van der Waals surface area contributed by atoms with E-state index in [-0.39, 0.29) is 5.91 Å². The number of aromatic nitrogens is 2. The molecular formula is C19H23ClN6O. The van der Waals surface area contributed by atoms with Crippen LogP contribution in [0.3, 0.4) is 0 Å². The number of nitrogens with zero attached hydrogens (tertiary/aromatic N) is 5.